The predicted molar refractivity (Wildman–Crippen MR) is 142 cm³/mol. The second-order valence-electron chi connectivity index (χ2n) is 10.3. The maximum atomic E-state index is 12.8. The zero-order chi connectivity index (χ0) is 24.9. The van der Waals surface area contributed by atoms with Gasteiger partial charge in [0.05, 0.1) is 23.1 Å². The van der Waals surface area contributed by atoms with Crippen LogP contribution in [0.15, 0.2) is 42.6 Å². The van der Waals surface area contributed by atoms with Gasteiger partial charge in [0.25, 0.3) is 0 Å². The van der Waals surface area contributed by atoms with Crippen LogP contribution in [-0.2, 0) is 11.2 Å². The third-order valence-electron chi connectivity index (χ3n) is 7.50. The number of aryl methyl sites for hydroxylation is 1. The molecule has 4 heteroatoms. The molecule has 2 aromatic rings. The standard InChI is InChI=1S/C31H42N2O2/c1-3-5-6-7-8-9-10-20-31(24-32)21-18-27(19-22-31)30(34)35-28-15-13-26(14-16-28)29-17-12-25(11-4-2)23-33-29/h12-17,23,27H,3-11,18-22H2,1-2H3/t27-,31-. The number of hydrogen-bond acceptors (Lipinski definition) is 4. The van der Waals surface area contributed by atoms with Crippen LogP contribution in [0.3, 0.4) is 0 Å². The summed E-state index contributed by atoms with van der Waals surface area (Å²) >= 11 is 0. The molecule has 0 unspecified atom stereocenters. The summed E-state index contributed by atoms with van der Waals surface area (Å²) in [6.07, 6.45) is 17.0. The first-order valence-corrected chi connectivity index (χ1v) is 13.8. The Balaban J connectivity index is 1.44. The molecule has 0 bridgehead atoms. The molecule has 0 amide bonds. The Morgan fingerprint density at radius 2 is 1.66 bits per heavy atom. The largest absolute Gasteiger partial charge is 0.426 e. The third-order valence-corrected chi connectivity index (χ3v) is 7.50. The molecule has 1 aromatic heterocycles. The number of pyridine rings is 1. The number of nitrogens with zero attached hydrogens (tertiary/aromatic N) is 2. The van der Waals surface area contributed by atoms with Crippen LogP contribution in [0.5, 0.6) is 5.75 Å². The molecule has 1 fully saturated rings. The minimum atomic E-state index is -0.248. The molecule has 0 radical (unpaired) electrons. The highest BCUT2D eigenvalue weighted by Crippen LogP contribution is 2.43. The molecular formula is C31H42N2O2. The number of aromatic nitrogens is 1. The van der Waals surface area contributed by atoms with Gasteiger partial charge in [-0.2, -0.15) is 5.26 Å². The Bertz CT molecular complexity index is 935. The summed E-state index contributed by atoms with van der Waals surface area (Å²) < 4.78 is 5.70. The van der Waals surface area contributed by atoms with Crippen LogP contribution >= 0.6 is 0 Å². The Kier molecular flexibility index (Phi) is 10.8. The summed E-state index contributed by atoms with van der Waals surface area (Å²) in [6, 6.07) is 14.4. The molecule has 0 N–H and O–H groups in total. The van der Waals surface area contributed by atoms with Gasteiger partial charge < -0.3 is 4.74 Å². The van der Waals surface area contributed by atoms with Crippen molar-refractivity contribution in [1.29, 1.82) is 5.26 Å². The summed E-state index contributed by atoms with van der Waals surface area (Å²) in [7, 11) is 0. The smallest absolute Gasteiger partial charge is 0.314 e. The van der Waals surface area contributed by atoms with E-state index < -0.39 is 0 Å². The summed E-state index contributed by atoms with van der Waals surface area (Å²) in [4.78, 5) is 17.4. The van der Waals surface area contributed by atoms with Crippen molar-refractivity contribution in [3.05, 3.63) is 48.2 Å². The first kappa shape index (κ1) is 26.9. The van der Waals surface area contributed by atoms with E-state index >= 15 is 0 Å². The van der Waals surface area contributed by atoms with Gasteiger partial charge in [-0.15, -0.1) is 0 Å². The fraction of sp³-hybridized carbons (Fsp3) is 0.581. The van der Waals surface area contributed by atoms with Gasteiger partial charge in [0.1, 0.15) is 5.75 Å². The van der Waals surface area contributed by atoms with Crippen molar-refractivity contribution < 1.29 is 9.53 Å². The lowest BCUT2D eigenvalue weighted by atomic mass is 9.69. The molecule has 0 saturated heterocycles. The fourth-order valence-electron chi connectivity index (χ4n) is 5.17. The van der Waals surface area contributed by atoms with Crippen LogP contribution in [0.25, 0.3) is 11.3 Å². The molecule has 0 spiro atoms. The number of esters is 1. The van der Waals surface area contributed by atoms with Crippen LogP contribution in [0.1, 0.15) is 103 Å². The molecule has 1 aliphatic carbocycles. The van der Waals surface area contributed by atoms with Gasteiger partial charge in [-0.25, -0.2) is 0 Å². The topological polar surface area (TPSA) is 63.0 Å². The van der Waals surface area contributed by atoms with Crippen LogP contribution in [0, 0.1) is 22.7 Å². The quantitative estimate of drug-likeness (QED) is 0.166. The Morgan fingerprint density at radius 3 is 2.26 bits per heavy atom. The van der Waals surface area contributed by atoms with E-state index in [9.17, 15) is 10.1 Å². The van der Waals surface area contributed by atoms with Gasteiger partial charge in [-0.3, -0.25) is 9.78 Å². The van der Waals surface area contributed by atoms with Gasteiger partial charge in [-0.05, 0) is 74.4 Å². The number of unbranched alkanes of at least 4 members (excludes halogenated alkanes) is 6. The van der Waals surface area contributed by atoms with Crippen molar-refractivity contribution in [3.8, 4) is 23.1 Å². The summed E-state index contributed by atoms with van der Waals surface area (Å²) in [5, 5.41) is 9.86. The number of nitriles is 1. The molecule has 188 valence electrons. The number of hydrogen-bond donors (Lipinski definition) is 0. The molecule has 4 nitrogen and oxygen atoms in total. The van der Waals surface area contributed by atoms with Crippen molar-refractivity contribution in [2.45, 2.75) is 104 Å². The van der Waals surface area contributed by atoms with Gasteiger partial charge in [0, 0.05) is 11.8 Å². The van der Waals surface area contributed by atoms with Gasteiger partial charge in [0.2, 0.25) is 0 Å². The van der Waals surface area contributed by atoms with E-state index in [1.807, 2.05) is 36.5 Å². The number of benzene rings is 1. The molecule has 1 saturated carbocycles. The SMILES string of the molecule is CCCCCCCCC[C@]1(C#N)CC[C@H](C(=O)Oc2ccc(-c3ccc(CCC)cn3)cc2)CC1. The minimum Gasteiger partial charge on any atom is -0.426 e. The van der Waals surface area contributed by atoms with E-state index in [-0.39, 0.29) is 17.3 Å². The van der Waals surface area contributed by atoms with Gasteiger partial charge >= 0.3 is 5.97 Å². The van der Waals surface area contributed by atoms with Crippen LogP contribution < -0.4 is 4.74 Å². The molecular weight excluding hydrogens is 432 g/mol. The zero-order valence-corrected chi connectivity index (χ0v) is 21.7. The normalized spacial score (nSPS) is 19.7. The first-order chi connectivity index (χ1) is 17.1. The maximum absolute atomic E-state index is 12.8. The maximum Gasteiger partial charge on any atom is 0.314 e. The van der Waals surface area contributed by atoms with Gasteiger partial charge in [0.15, 0.2) is 0 Å². The van der Waals surface area contributed by atoms with Crippen molar-refractivity contribution >= 4 is 5.97 Å². The molecule has 35 heavy (non-hydrogen) atoms. The molecule has 1 aliphatic rings. The van der Waals surface area contributed by atoms with E-state index in [0.29, 0.717) is 5.75 Å². The number of carbonyl (C=O) groups excluding carboxylic acids is 1. The monoisotopic (exact) mass is 474 g/mol. The number of rotatable bonds is 13. The van der Waals surface area contributed by atoms with E-state index in [1.54, 1.807) is 0 Å². The molecule has 1 heterocycles. The van der Waals surface area contributed by atoms with E-state index in [0.717, 1.165) is 62.6 Å². The number of ether oxygens (including phenoxy) is 1. The summed E-state index contributed by atoms with van der Waals surface area (Å²) in [5.41, 5.74) is 2.93. The summed E-state index contributed by atoms with van der Waals surface area (Å²) in [6.45, 7) is 4.41. The molecule has 3 rings (SSSR count). The Hall–Kier alpha value is -2.67. The molecule has 1 aromatic carbocycles. The van der Waals surface area contributed by atoms with Crippen molar-refractivity contribution in [2.24, 2.45) is 11.3 Å². The molecule has 0 atom stereocenters. The second kappa shape index (κ2) is 14.0. The Labute approximate surface area is 212 Å². The molecule has 0 aliphatic heterocycles. The van der Waals surface area contributed by atoms with Crippen LogP contribution in [-0.4, -0.2) is 11.0 Å². The van der Waals surface area contributed by atoms with Gasteiger partial charge in [-0.1, -0.05) is 71.3 Å². The highest BCUT2D eigenvalue weighted by atomic mass is 16.5. The van der Waals surface area contributed by atoms with E-state index in [2.05, 4.69) is 31.0 Å². The van der Waals surface area contributed by atoms with Crippen molar-refractivity contribution in [1.82, 2.24) is 4.98 Å². The average molecular weight is 475 g/mol. The lowest BCUT2D eigenvalue weighted by molar-refractivity contribution is -0.140. The Morgan fingerprint density at radius 1 is 0.971 bits per heavy atom. The lowest BCUT2D eigenvalue weighted by Crippen LogP contribution is -2.31. The zero-order valence-electron chi connectivity index (χ0n) is 21.7. The fourth-order valence-corrected chi connectivity index (χ4v) is 5.17. The minimum absolute atomic E-state index is 0.113. The average Bonchev–Trinajstić information content (AvgIpc) is 2.89. The summed E-state index contributed by atoms with van der Waals surface area (Å²) in [5.74, 6) is 0.293. The lowest BCUT2D eigenvalue weighted by Gasteiger charge is -2.34. The van der Waals surface area contributed by atoms with Crippen molar-refractivity contribution in [3.63, 3.8) is 0 Å². The predicted octanol–water partition coefficient (Wildman–Crippen LogP) is 8.45. The van der Waals surface area contributed by atoms with Crippen molar-refractivity contribution in [2.75, 3.05) is 0 Å². The first-order valence-electron chi connectivity index (χ1n) is 13.8. The highest BCUT2D eigenvalue weighted by Gasteiger charge is 2.37. The second-order valence-corrected chi connectivity index (χ2v) is 10.3. The highest BCUT2D eigenvalue weighted by molar-refractivity contribution is 5.75. The number of carbonyl (C=O) groups is 1. The van der Waals surface area contributed by atoms with E-state index in [1.165, 1.54) is 44.1 Å². The third kappa shape index (κ3) is 8.20. The van der Waals surface area contributed by atoms with E-state index in [4.69, 9.17) is 4.74 Å². The van der Waals surface area contributed by atoms with Crippen LogP contribution in [0.4, 0.5) is 0 Å². The van der Waals surface area contributed by atoms with Crippen LogP contribution in [0.2, 0.25) is 0 Å².